The van der Waals surface area contributed by atoms with Crippen molar-refractivity contribution in [1.82, 2.24) is 10.3 Å². The first-order chi connectivity index (χ1) is 13.0. The molecule has 0 spiro atoms. The standard InChI is InChI=1S/C18H18N4O5/c1-12-18(24)21(17-14(27-12)7-8-15(20-17)22(25)26)11-16(23)19-10-9-13-5-3-2-4-6-13/h2-8,12H,9-11H2,1H3,(H,19,23). The Kier molecular flexibility index (Phi) is 5.30. The highest BCUT2D eigenvalue weighted by Gasteiger charge is 2.37. The SMILES string of the molecule is CC1Oc2ccc([N+](=O)[O-])nc2N(CC(=O)NCCc2ccccc2)C1=O. The van der Waals surface area contributed by atoms with Gasteiger partial charge in [0.1, 0.15) is 6.54 Å². The van der Waals surface area contributed by atoms with Gasteiger partial charge >= 0.3 is 5.82 Å². The number of benzene rings is 1. The average molecular weight is 370 g/mol. The topological polar surface area (TPSA) is 115 Å². The lowest BCUT2D eigenvalue weighted by Gasteiger charge is -2.28. The highest BCUT2D eigenvalue weighted by Crippen LogP contribution is 2.33. The molecule has 1 aliphatic rings. The number of hydrogen-bond donors (Lipinski definition) is 1. The van der Waals surface area contributed by atoms with Crippen LogP contribution in [0.15, 0.2) is 42.5 Å². The summed E-state index contributed by atoms with van der Waals surface area (Å²) in [5, 5.41) is 13.7. The number of carbonyl (C=O) groups excluding carboxylic acids is 2. The summed E-state index contributed by atoms with van der Waals surface area (Å²) in [5.41, 5.74) is 1.08. The predicted octanol–water partition coefficient (Wildman–Crippen LogP) is 1.46. The van der Waals surface area contributed by atoms with Crippen molar-refractivity contribution in [2.75, 3.05) is 18.0 Å². The van der Waals surface area contributed by atoms with Gasteiger partial charge in [0.05, 0.1) is 0 Å². The van der Waals surface area contributed by atoms with Crippen LogP contribution >= 0.6 is 0 Å². The molecular formula is C18H18N4O5. The van der Waals surface area contributed by atoms with Crippen molar-refractivity contribution in [3.8, 4) is 5.75 Å². The molecule has 0 saturated heterocycles. The highest BCUT2D eigenvalue weighted by molar-refractivity contribution is 6.02. The number of amides is 2. The quantitative estimate of drug-likeness (QED) is 0.608. The zero-order chi connectivity index (χ0) is 19.4. The zero-order valence-corrected chi connectivity index (χ0v) is 14.6. The summed E-state index contributed by atoms with van der Waals surface area (Å²) in [6.07, 6.45) is -0.154. The number of pyridine rings is 1. The van der Waals surface area contributed by atoms with E-state index < -0.39 is 22.8 Å². The first kappa shape index (κ1) is 18.3. The number of hydrogen-bond acceptors (Lipinski definition) is 6. The summed E-state index contributed by atoms with van der Waals surface area (Å²) < 4.78 is 5.42. The van der Waals surface area contributed by atoms with E-state index in [4.69, 9.17) is 4.74 Å². The minimum atomic E-state index is -0.808. The third kappa shape index (κ3) is 4.20. The first-order valence-corrected chi connectivity index (χ1v) is 8.40. The van der Waals surface area contributed by atoms with Gasteiger partial charge in [0.15, 0.2) is 11.9 Å². The Morgan fingerprint density at radius 1 is 1.30 bits per heavy atom. The third-order valence-corrected chi connectivity index (χ3v) is 4.07. The number of nitrogens with one attached hydrogen (secondary N) is 1. The average Bonchev–Trinajstić information content (AvgIpc) is 2.66. The van der Waals surface area contributed by atoms with Crippen molar-refractivity contribution in [2.24, 2.45) is 0 Å². The van der Waals surface area contributed by atoms with Crippen LogP contribution in [0, 0.1) is 10.1 Å². The Morgan fingerprint density at radius 2 is 2.04 bits per heavy atom. The van der Waals surface area contributed by atoms with Gasteiger partial charge in [0.2, 0.25) is 5.91 Å². The summed E-state index contributed by atoms with van der Waals surface area (Å²) in [4.78, 5) is 40.0. The molecule has 27 heavy (non-hydrogen) atoms. The zero-order valence-electron chi connectivity index (χ0n) is 14.6. The van der Waals surface area contributed by atoms with Crippen molar-refractivity contribution in [3.05, 3.63) is 58.1 Å². The van der Waals surface area contributed by atoms with E-state index in [-0.39, 0.29) is 24.0 Å². The van der Waals surface area contributed by atoms with Crippen molar-refractivity contribution in [2.45, 2.75) is 19.4 Å². The number of aromatic nitrogens is 1. The summed E-state index contributed by atoms with van der Waals surface area (Å²) in [6, 6.07) is 12.2. The maximum atomic E-state index is 12.4. The monoisotopic (exact) mass is 370 g/mol. The number of nitro groups is 1. The normalized spacial score (nSPS) is 15.7. The first-order valence-electron chi connectivity index (χ1n) is 8.40. The van der Waals surface area contributed by atoms with Gasteiger partial charge in [0.25, 0.3) is 11.7 Å². The Balaban J connectivity index is 1.69. The molecule has 0 fully saturated rings. The van der Waals surface area contributed by atoms with Crippen LogP contribution in [0.3, 0.4) is 0 Å². The number of fused-ring (bicyclic) bond motifs is 1. The largest absolute Gasteiger partial charge is 0.475 e. The Hall–Kier alpha value is -3.49. The van der Waals surface area contributed by atoms with Crippen LogP contribution in [0.5, 0.6) is 5.75 Å². The lowest BCUT2D eigenvalue weighted by atomic mass is 10.1. The molecule has 2 amide bonds. The molecule has 9 heteroatoms. The smallest absolute Gasteiger partial charge is 0.366 e. The van der Waals surface area contributed by atoms with Crippen LogP contribution < -0.4 is 15.0 Å². The van der Waals surface area contributed by atoms with Gasteiger partial charge < -0.3 is 20.2 Å². The molecule has 0 radical (unpaired) electrons. The van der Waals surface area contributed by atoms with Gasteiger partial charge in [-0.1, -0.05) is 30.3 Å². The van der Waals surface area contributed by atoms with Crippen LogP contribution in [-0.4, -0.2) is 40.9 Å². The molecule has 1 atom stereocenters. The van der Waals surface area contributed by atoms with Crippen LogP contribution in [0.1, 0.15) is 12.5 Å². The number of rotatable bonds is 6. The molecule has 140 valence electrons. The minimum absolute atomic E-state index is 0.0227. The van der Waals surface area contributed by atoms with E-state index in [2.05, 4.69) is 10.3 Å². The van der Waals surface area contributed by atoms with Gasteiger partial charge in [-0.3, -0.25) is 14.5 Å². The Bertz CT molecular complexity index is 871. The number of nitrogens with zero attached hydrogens (tertiary/aromatic N) is 3. The minimum Gasteiger partial charge on any atom is -0.475 e. The molecule has 1 unspecified atom stereocenters. The maximum Gasteiger partial charge on any atom is 0.366 e. The van der Waals surface area contributed by atoms with Crippen LogP contribution in [0.2, 0.25) is 0 Å². The second-order valence-corrected chi connectivity index (χ2v) is 6.02. The lowest BCUT2D eigenvalue weighted by Crippen LogP contribution is -2.49. The van der Waals surface area contributed by atoms with Crippen molar-refractivity contribution in [1.29, 1.82) is 0 Å². The van der Waals surface area contributed by atoms with E-state index in [0.717, 1.165) is 10.5 Å². The van der Waals surface area contributed by atoms with E-state index in [1.54, 1.807) is 6.92 Å². The molecule has 9 nitrogen and oxygen atoms in total. The molecule has 1 N–H and O–H groups in total. The molecule has 1 aromatic heterocycles. The fraction of sp³-hybridized carbons (Fsp3) is 0.278. The molecule has 2 aromatic rings. The van der Waals surface area contributed by atoms with Gasteiger partial charge in [-0.2, -0.15) is 0 Å². The van der Waals surface area contributed by atoms with Crippen molar-refractivity contribution >= 4 is 23.5 Å². The van der Waals surface area contributed by atoms with E-state index in [0.29, 0.717) is 13.0 Å². The molecule has 0 aliphatic carbocycles. The van der Waals surface area contributed by atoms with Crippen molar-refractivity contribution < 1.29 is 19.2 Å². The summed E-state index contributed by atoms with van der Waals surface area (Å²) in [6.45, 7) is 1.67. The second kappa shape index (κ2) is 7.81. The van der Waals surface area contributed by atoms with Gasteiger partial charge in [-0.15, -0.1) is 0 Å². The Morgan fingerprint density at radius 3 is 2.74 bits per heavy atom. The Labute approximate surface area is 155 Å². The summed E-state index contributed by atoms with van der Waals surface area (Å²) in [5.74, 6) is -1.08. The number of ether oxygens (including phenoxy) is 1. The fourth-order valence-corrected chi connectivity index (χ4v) is 2.72. The van der Waals surface area contributed by atoms with Crippen molar-refractivity contribution in [3.63, 3.8) is 0 Å². The molecule has 1 aromatic carbocycles. The summed E-state index contributed by atoms with van der Waals surface area (Å²) in [7, 11) is 0. The van der Waals surface area contributed by atoms with E-state index >= 15 is 0 Å². The van der Waals surface area contributed by atoms with Crippen LogP contribution in [0.25, 0.3) is 0 Å². The van der Waals surface area contributed by atoms with Gasteiger partial charge in [0, 0.05) is 12.6 Å². The molecule has 0 bridgehead atoms. The molecule has 2 heterocycles. The highest BCUT2D eigenvalue weighted by atomic mass is 16.6. The van der Waals surface area contributed by atoms with E-state index in [1.165, 1.54) is 12.1 Å². The molecule has 0 saturated carbocycles. The van der Waals surface area contributed by atoms with Crippen LogP contribution in [-0.2, 0) is 16.0 Å². The maximum absolute atomic E-state index is 12.4. The predicted molar refractivity (Wildman–Crippen MR) is 96.5 cm³/mol. The second-order valence-electron chi connectivity index (χ2n) is 6.02. The number of anilines is 1. The van der Waals surface area contributed by atoms with E-state index in [9.17, 15) is 19.7 Å². The molecule has 3 rings (SSSR count). The van der Waals surface area contributed by atoms with Gasteiger partial charge in [-0.25, -0.2) is 0 Å². The lowest BCUT2D eigenvalue weighted by molar-refractivity contribution is -0.389. The fourth-order valence-electron chi connectivity index (χ4n) is 2.72. The third-order valence-electron chi connectivity index (χ3n) is 4.07. The number of carbonyl (C=O) groups is 2. The van der Waals surface area contributed by atoms with Gasteiger partial charge in [-0.05, 0) is 34.9 Å². The van der Waals surface area contributed by atoms with Crippen LogP contribution in [0.4, 0.5) is 11.6 Å². The van der Waals surface area contributed by atoms with E-state index in [1.807, 2.05) is 30.3 Å². The molecular weight excluding hydrogens is 352 g/mol. The molecule has 1 aliphatic heterocycles. The summed E-state index contributed by atoms with van der Waals surface area (Å²) >= 11 is 0.